The number of benzene rings is 1. The van der Waals surface area contributed by atoms with E-state index in [0.717, 1.165) is 19.6 Å². The Kier molecular flexibility index (Phi) is 4.73. The van der Waals surface area contributed by atoms with Gasteiger partial charge in [-0.2, -0.15) is 0 Å². The van der Waals surface area contributed by atoms with Gasteiger partial charge in [0, 0.05) is 32.7 Å². The lowest BCUT2D eigenvalue weighted by atomic mass is 10.0. The van der Waals surface area contributed by atoms with Gasteiger partial charge in [0.05, 0.1) is 6.04 Å². The van der Waals surface area contributed by atoms with Crippen molar-refractivity contribution in [2.75, 3.05) is 26.2 Å². The van der Waals surface area contributed by atoms with Crippen molar-refractivity contribution in [1.82, 2.24) is 10.2 Å². The maximum Gasteiger partial charge on any atom is 0.223 e. The number of piperazine rings is 1. The van der Waals surface area contributed by atoms with Crippen LogP contribution in [0, 0.1) is 0 Å². The van der Waals surface area contributed by atoms with E-state index in [-0.39, 0.29) is 18.6 Å². The fourth-order valence-corrected chi connectivity index (χ4v) is 2.35. The summed E-state index contributed by atoms with van der Waals surface area (Å²) in [7, 11) is 0. The lowest BCUT2D eigenvalue weighted by Crippen LogP contribution is -2.48. The van der Waals surface area contributed by atoms with Crippen molar-refractivity contribution in [2.45, 2.75) is 18.9 Å². The van der Waals surface area contributed by atoms with Gasteiger partial charge in [0.2, 0.25) is 5.91 Å². The average Bonchev–Trinajstić information content (AvgIpc) is 2.45. The van der Waals surface area contributed by atoms with E-state index in [2.05, 4.69) is 17.4 Å². The standard InChI is InChI=1S/C14H20N2O2/c17-10-4-7-14(18)16-9-8-15-11-13(16)12-5-2-1-3-6-12/h1-3,5-6,13,15,17H,4,7-11H2. The normalized spacial score (nSPS) is 19.8. The number of aliphatic hydroxyl groups is 1. The Morgan fingerprint density at radius 3 is 2.89 bits per heavy atom. The van der Waals surface area contributed by atoms with Crippen molar-refractivity contribution in [3.8, 4) is 0 Å². The second-order valence-corrected chi connectivity index (χ2v) is 4.54. The molecule has 98 valence electrons. The van der Waals surface area contributed by atoms with E-state index < -0.39 is 0 Å². The summed E-state index contributed by atoms with van der Waals surface area (Å²) in [5, 5.41) is 12.1. The monoisotopic (exact) mass is 248 g/mol. The van der Waals surface area contributed by atoms with Crippen LogP contribution in [0.2, 0.25) is 0 Å². The molecule has 0 spiro atoms. The lowest BCUT2D eigenvalue weighted by molar-refractivity contribution is -0.134. The number of hydrogen-bond donors (Lipinski definition) is 2. The van der Waals surface area contributed by atoms with Gasteiger partial charge in [-0.25, -0.2) is 0 Å². The molecular weight excluding hydrogens is 228 g/mol. The van der Waals surface area contributed by atoms with Crippen LogP contribution in [0.1, 0.15) is 24.4 Å². The Morgan fingerprint density at radius 2 is 2.17 bits per heavy atom. The molecule has 1 amide bonds. The topological polar surface area (TPSA) is 52.6 Å². The molecule has 1 aliphatic rings. The van der Waals surface area contributed by atoms with Gasteiger partial charge >= 0.3 is 0 Å². The summed E-state index contributed by atoms with van der Waals surface area (Å²) in [4.78, 5) is 14.1. The molecule has 1 saturated heterocycles. The Morgan fingerprint density at radius 1 is 1.39 bits per heavy atom. The zero-order valence-corrected chi connectivity index (χ0v) is 10.5. The fraction of sp³-hybridized carbons (Fsp3) is 0.500. The first-order chi connectivity index (χ1) is 8.83. The first-order valence-corrected chi connectivity index (χ1v) is 6.49. The van der Waals surface area contributed by atoms with Gasteiger partial charge in [0.15, 0.2) is 0 Å². The highest BCUT2D eigenvalue weighted by Gasteiger charge is 2.26. The Balaban J connectivity index is 2.09. The summed E-state index contributed by atoms with van der Waals surface area (Å²) in [5.41, 5.74) is 1.17. The largest absolute Gasteiger partial charge is 0.396 e. The van der Waals surface area contributed by atoms with E-state index in [0.29, 0.717) is 12.8 Å². The number of nitrogens with one attached hydrogen (secondary N) is 1. The van der Waals surface area contributed by atoms with Crippen LogP contribution in [0.4, 0.5) is 0 Å². The summed E-state index contributed by atoms with van der Waals surface area (Å²) >= 11 is 0. The summed E-state index contributed by atoms with van der Waals surface area (Å²) in [5.74, 6) is 0.138. The minimum Gasteiger partial charge on any atom is -0.396 e. The van der Waals surface area contributed by atoms with E-state index in [1.165, 1.54) is 5.56 Å². The zero-order chi connectivity index (χ0) is 12.8. The van der Waals surface area contributed by atoms with E-state index in [9.17, 15) is 4.79 Å². The molecule has 0 bridgehead atoms. The highest BCUT2D eigenvalue weighted by atomic mass is 16.3. The molecular formula is C14H20N2O2. The maximum atomic E-state index is 12.1. The summed E-state index contributed by atoms with van der Waals surface area (Å²) in [6.45, 7) is 2.46. The zero-order valence-electron chi connectivity index (χ0n) is 10.5. The van der Waals surface area contributed by atoms with Crippen LogP contribution in [0.3, 0.4) is 0 Å². The first-order valence-electron chi connectivity index (χ1n) is 6.49. The number of nitrogens with zero attached hydrogens (tertiary/aromatic N) is 1. The molecule has 18 heavy (non-hydrogen) atoms. The van der Waals surface area contributed by atoms with Crippen molar-refractivity contribution in [1.29, 1.82) is 0 Å². The van der Waals surface area contributed by atoms with Crippen LogP contribution in [-0.2, 0) is 4.79 Å². The molecule has 1 unspecified atom stereocenters. The Labute approximate surface area is 108 Å². The third kappa shape index (κ3) is 3.09. The number of carbonyl (C=O) groups is 1. The average molecular weight is 248 g/mol. The van der Waals surface area contributed by atoms with Gasteiger partial charge in [-0.1, -0.05) is 30.3 Å². The van der Waals surface area contributed by atoms with Crippen molar-refractivity contribution in [2.24, 2.45) is 0 Å². The van der Waals surface area contributed by atoms with E-state index >= 15 is 0 Å². The highest BCUT2D eigenvalue weighted by molar-refractivity contribution is 5.76. The van der Waals surface area contributed by atoms with Crippen LogP contribution in [0.15, 0.2) is 30.3 Å². The third-order valence-electron chi connectivity index (χ3n) is 3.30. The van der Waals surface area contributed by atoms with Crippen molar-refractivity contribution in [3.05, 3.63) is 35.9 Å². The molecule has 4 nitrogen and oxygen atoms in total. The van der Waals surface area contributed by atoms with Crippen molar-refractivity contribution >= 4 is 5.91 Å². The second-order valence-electron chi connectivity index (χ2n) is 4.54. The number of amides is 1. The molecule has 2 N–H and O–H groups in total. The molecule has 1 atom stereocenters. The van der Waals surface area contributed by atoms with Gasteiger partial charge in [0.1, 0.15) is 0 Å². The molecule has 4 heteroatoms. The predicted molar refractivity (Wildman–Crippen MR) is 70.1 cm³/mol. The van der Waals surface area contributed by atoms with Gasteiger partial charge < -0.3 is 15.3 Å². The maximum absolute atomic E-state index is 12.1. The van der Waals surface area contributed by atoms with Crippen molar-refractivity contribution in [3.63, 3.8) is 0 Å². The molecule has 1 aromatic carbocycles. The highest BCUT2D eigenvalue weighted by Crippen LogP contribution is 2.22. The molecule has 1 aliphatic heterocycles. The van der Waals surface area contributed by atoms with E-state index in [1.54, 1.807) is 0 Å². The first kappa shape index (κ1) is 13.1. The van der Waals surface area contributed by atoms with Gasteiger partial charge in [-0.05, 0) is 12.0 Å². The molecule has 2 rings (SSSR count). The quantitative estimate of drug-likeness (QED) is 0.833. The van der Waals surface area contributed by atoms with Gasteiger partial charge in [-0.15, -0.1) is 0 Å². The number of aliphatic hydroxyl groups excluding tert-OH is 1. The van der Waals surface area contributed by atoms with Crippen LogP contribution in [-0.4, -0.2) is 42.2 Å². The molecule has 1 fully saturated rings. The van der Waals surface area contributed by atoms with E-state index in [4.69, 9.17) is 5.11 Å². The molecule has 0 aromatic heterocycles. The number of carbonyl (C=O) groups excluding carboxylic acids is 1. The van der Waals surface area contributed by atoms with Gasteiger partial charge in [-0.3, -0.25) is 4.79 Å². The molecule has 0 radical (unpaired) electrons. The van der Waals surface area contributed by atoms with Crippen molar-refractivity contribution < 1.29 is 9.90 Å². The number of rotatable bonds is 4. The van der Waals surface area contributed by atoms with Gasteiger partial charge in [0.25, 0.3) is 0 Å². The third-order valence-corrected chi connectivity index (χ3v) is 3.30. The minimum absolute atomic E-state index is 0.0772. The number of hydrogen-bond acceptors (Lipinski definition) is 3. The lowest BCUT2D eigenvalue weighted by Gasteiger charge is -2.36. The van der Waals surface area contributed by atoms with Crippen LogP contribution in [0.25, 0.3) is 0 Å². The summed E-state index contributed by atoms with van der Waals surface area (Å²) in [6.07, 6.45) is 0.976. The minimum atomic E-state index is 0.0772. The summed E-state index contributed by atoms with van der Waals surface area (Å²) in [6, 6.07) is 10.2. The summed E-state index contributed by atoms with van der Waals surface area (Å²) < 4.78 is 0. The van der Waals surface area contributed by atoms with Crippen LogP contribution < -0.4 is 5.32 Å². The Bertz CT molecular complexity index is 381. The van der Waals surface area contributed by atoms with Crippen LogP contribution in [0.5, 0.6) is 0 Å². The fourth-order valence-electron chi connectivity index (χ4n) is 2.35. The smallest absolute Gasteiger partial charge is 0.223 e. The van der Waals surface area contributed by atoms with E-state index in [1.807, 2.05) is 23.1 Å². The molecule has 1 aromatic rings. The Hall–Kier alpha value is -1.39. The molecule has 1 heterocycles. The SMILES string of the molecule is O=C(CCCO)N1CCNCC1c1ccccc1. The second kappa shape index (κ2) is 6.52. The van der Waals surface area contributed by atoms with Crippen LogP contribution >= 0.6 is 0 Å². The molecule has 0 aliphatic carbocycles. The predicted octanol–water partition coefficient (Wildman–Crippen LogP) is 0.932. The molecule has 0 saturated carbocycles.